The lowest BCUT2D eigenvalue weighted by atomic mass is 10.2. The first-order valence-corrected chi connectivity index (χ1v) is 9.12. The van der Waals surface area contributed by atoms with Crippen LogP contribution in [0.3, 0.4) is 0 Å². The highest BCUT2D eigenvalue weighted by molar-refractivity contribution is 7.98. The quantitative estimate of drug-likeness (QED) is 0.799. The first kappa shape index (κ1) is 16.7. The van der Waals surface area contributed by atoms with Crippen LogP contribution >= 0.6 is 23.4 Å². The molecule has 0 fully saturated rings. The predicted molar refractivity (Wildman–Crippen MR) is 87.4 cm³/mol. The van der Waals surface area contributed by atoms with Crippen molar-refractivity contribution in [3.8, 4) is 0 Å². The van der Waals surface area contributed by atoms with Gasteiger partial charge in [-0.05, 0) is 48.7 Å². The maximum atomic E-state index is 12.3. The summed E-state index contributed by atoms with van der Waals surface area (Å²) in [5.41, 5.74) is 0.131. The molecule has 0 heterocycles. The number of nitrogens with one attached hydrogen (secondary N) is 1. The van der Waals surface area contributed by atoms with Gasteiger partial charge >= 0.3 is 5.97 Å². The van der Waals surface area contributed by atoms with Gasteiger partial charge in [0.05, 0.1) is 15.5 Å². The maximum absolute atomic E-state index is 12.3. The first-order valence-electron chi connectivity index (χ1n) is 6.03. The largest absolute Gasteiger partial charge is 0.478 e. The minimum absolute atomic E-state index is 0.0178. The van der Waals surface area contributed by atoms with Crippen molar-refractivity contribution >= 4 is 45.0 Å². The van der Waals surface area contributed by atoms with E-state index in [2.05, 4.69) is 4.72 Å². The number of hydrogen-bond donors (Lipinski definition) is 2. The van der Waals surface area contributed by atoms with E-state index in [0.29, 0.717) is 5.69 Å². The Hall–Kier alpha value is -1.70. The highest BCUT2D eigenvalue weighted by Gasteiger charge is 2.18. The molecule has 2 aromatic rings. The topological polar surface area (TPSA) is 83.5 Å². The van der Waals surface area contributed by atoms with Crippen LogP contribution in [0.4, 0.5) is 5.69 Å². The lowest BCUT2D eigenvalue weighted by molar-refractivity contribution is 0.0697. The summed E-state index contributed by atoms with van der Waals surface area (Å²) in [5.74, 6) is -1.29. The Balaban J connectivity index is 2.33. The molecule has 2 N–H and O–H groups in total. The van der Waals surface area contributed by atoms with E-state index in [-0.39, 0.29) is 15.5 Å². The molecule has 0 unspecified atom stereocenters. The van der Waals surface area contributed by atoms with Crippen LogP contribution in [-0.4, -0.2) is 25.7 Å². The number of hydrogen-bond acceptors (Lipinski definition) is 4. The highest BCUT2D eigenvalue weighted by Crippen LogP contribution is 2.23. The molecule has 5 nitrogen and oxygen atoms in total. The molecule has 0 atom stereocenters. The summed E-state index contributed by atoms with van der Waals surface area (Å²) in [5, 5.41) is 8.98. The van der Waals surface area contributed by atoms with E-state index in [4.69, 9.17) is 16.7 Å². The van der Waals surface area contributed by atoms with Gasteiger partial charge in [0.2, 0.25) is 0 Å². The molecule has 0 aliphatic rings. The first-order chi connectivity index (χ1) is 10.3. The van der Waals surface area contributed by atoms with Gasteiger partial charge in [0.25, 0.3) is 10.0 Å². The molecule has 2 rings (SSSR count). The van der Waals surface area contributed by atoms with Crippen LogP contribution in [0.1, 0.15) is 10.4 Å². The Morgan fingerprint density at radius 1 is 1.18 bits per heavy atom. The molecule has 0 amide bonds. The second-order valence-electron chi connectivity index (χ2n) is 4.28. The van der Waals surface area contributed by atoms with E-state index in [1.165, 1.54) is 12.1 Å². The minimum atomic E-state index is -3.88. The molecular formula is C14H12ClNO4S2. The molecule has 0 bridgehead atoms. The van der Waals surface area contributed by atoms with Gasteiger partial charge in [-0.25, -0.2) is 13.2 Å². The van der Waals surface area contributed by atoms with Gasteiger partial charge in [-0.1, -0.05) is 11.6 Å². The normalized spacial score (nSPS) is 11.2. The Labute approximate surface area is 137 Å². The molecule has 0 aromatic heterocycles. The molecule has 0 saturated carbocycles. The predicted octanol–water partition coefficient (Wildman–Crippen LogP) is 3.56. The number of benzene rings is 2. The Morgan fingerprint density at radius 2 is 1.82 bits per heavy atom. The zero-order chi connectivity index (χ0) is 16.3. The number of carbonyl (C=O) groups is 1. The third kappa shape index (κ3) is 3.73. The van der Waals surface area contributed by atoms with Gasteiger partial charge in [-0.15, -0.1) is 11.8 Å². The standard InChI is InChI=1S/C14H12ClNO4S2/c1-21-10-4-2-9(3-5-10)16-22(19,20)11-6-7-13(15)12(8-11)14(17)18/h2-8,16H,1H3,(H,17,18). The number of carboxylic acid groups (broad SMARTS) is 1. The number of thioether (sulfide) groups is 1. The van der Waals surface area contributed by atoms with Crippen molar-refractivity contribution in [1.82, 2.24) is 0 Å². The SMILES string of the molecule is CSc1ccc(NS(=O)(=O)c2ccc(Cl)c(C(=O)O)c2)cc1. The second kappa shape index (κ2) is 6.60. The molecule has 0 spiro atoms. The Bertz CT molecular complexity index is 804. The average Bonchev–Trinajstić information content (AvgIpc) is 2.47. The fourth-order valence-electron chi connectivity index (χ4n) is 1.71. The van der Waals surface area contributed by atoms with E-state index in [1.54, 1.807) is 36.0 Å². The molecule has 0 radical (unpaired) electrons. The van der Waals surface area contributed by atoms with E-state index < -0.39 is 16.0 Å². The van der Waals surface area contributed by atoms with Crippen LogP contribution in [0.2, 0.25) is 5.02 Å². The van der Waals surface area contributed by atoms with E-state index in [1.807, 2.05) is 6.26 Å². The number of aromatic carboxylic acids is 1. The minimum Gasteiger partial charge on any atom is -0.478 e. The third-order valence-electron chi connectivity index (χ3n) is 2.82. The van der Waals surface area contributed by atoms with Crippen molar-refractivity contribution in [3.63, 3.8) is 0 Å². The lowest BCUT2D eigenvalue weighted by Crippen LogP contribution is -2.13. The van der Waals surface area contributed by atoms with E-state index >= 15 is 0 Å². The lowest BCUT2D eigenvalue weighted by Gasteiger charge is -2.09. The number of sulfonamides is 1. The molecular weight excluding hydrogens is 346 g/mol. The molecule has 0 saturated heterocycles. The second-order valence-corrected chi connectivity index (χ2v) is 7.25. The van der Waals surface area contributed by atoms with Crippen LogP contribution < -0.4 is 4.72 Å². The summed E-state index contributed by atoms with van der Waals surface area (Å²) in [7, 11) is -3.88. The van der Waals surface area contributed by atoms with Crippen molar-refractivity contribution in [2.24, 2.45) is 0 Å². The van der Waals surface area contributed by atoms with Gasteiger partial charge in [0.1, 0.15) is 0 Å². The summed E-state index contributed by atoms with van der Waals surface area (Å²) in [6.07, 6.45) is 1.92. The van der Waals surface area contributed by atoms with Crippen molar-refractivity contribution in [2.75, 3.05) is 11.0 Å². The van der Waals surface area contributed by atoms with Crippen molar-refractivity contribution in [3.05, 3.63) is 53.1 Å². The van der Waals surface area contributed by atoms with E-state index in [9.17, 15) is 13.2 Å². The zero-order valence-corrected chi connectivity index (χ0v) is 13.8. The van der Waals surface area contributed by atoms with Crippen molar-refractivity contribution in [1.29, 1.82) is 0 Å². The van der Waals surface area contributed by atoms with Gasteiger partial charge in [-0.2, -0.15) is 0 Å². The van der Waals surface area contributed by atoms with Gasteiger partial charge in [0, 0.05) is 10.6 Å². The Morgan fingerprint density at radius 3 is 2.36 bits per heavy atom. The fourth-order valence-corrected chi connectivity index (χ4v) is 3.40. The molecule has 116 valence electrons. The van der Waals surface area contributed by atoms with Gasteiger partial charge in [0.15, 0.2) is 0 Å². The van der Waals surface area contributed by atoms with Crippen LogP contribution in [0.25, 0.3) is 0 Å². The van der Waals surface area contributed by atoms with Crippen molar-refractivity contribution < 1.29 is 18.3 Å². The monoisotopic (exact) mass is 357 g/mol. The zero-order valence-electron chi connectivity index (χ0n) is 11.4. The smallest absolute Gasteiger partial charge is 0.337 e. The summed E-state index contributed by atoms with van der Waals surface area (Å²) in [6, 6.07) is 10.4. The maximum Gasteiger partial charge on any atom is 0.337 e. The molecule has 0 aliphatic heterocycles. The number of carboxylic acids is 1. The van der Waals surface area contributed by atoms with Crippen LogP contribution in [0.15, 0.2) is 52.3 Å². The molecule has 22 heavy (non-hydrogen) atoms. The fraction of sp³-hybridized carbons (Fsp3) is 0.0714. The van der Waals surface area contributed by atoms with Crippen LogP contribution in [0, 0.1) is 0 Å². The summed E-state index contributed by atoms with van der Waals surface area (Å²) < 4.78 is 27.0. The summed E-state index contributed by atoms with van der Waals surface area (Å²) in [4.78, 5) is 11.9. The number of rotatable bonds is 5. The van der Waals surface area contributed by atoms with Crippen molar-refractivity contribution in [2.45, 2.75) is 9.79 Å². The van der Waals surface area contributed by atoms with E-state index in [0.717, 1.165) is 11.0 Å². The highest BCUT2D eigenvalue weighted by atomic mass is 35.5. The third-order valence-corrected chi connectivity index (χ3v) is 5.27. The Kier molecular flexibility index (Phi) is 5.00. The van der Waals surface area contributed by atoms with Gasteiger partial charge < -0.3 is 5.11 Å². The number of halogens is 1. The molecule has 8 heteroatoms. The summed E-state index contributed by atoms with van der Waals surface area (Å²) in [6.45, 7) is 0. The van der Waals surface area contributed by atoms with Crippen LogP contribution in [0.5, 0.6) is 0 Å². The molecule has 0 aliphatic carbocycles. The average molecular weight is 358 g/mol. The van der Waals surface area contributed by atoms with Gasteiger partial charge in [-0.3, -0.25) is 4.72 Å². The van der Waals surface area contributed by atoms with Crippen LogP contribution in [-0.2, 0) is 10.0 Å². The summed E-state index contributed by atoms with van der Waals surface area (Å²) >= 11 is 7.28. The molecule has 2 aromatic carbocycles. The number of anilines is 1.